The first-order valence-corrected chi connectivity index (χ1v) is 6.26. The van der Waals surface area contributed by atoms with Crippen molar-refractivity contribution < 1.29 is 0 Å². The van der Waals surface area contributed by atoms with Crippen LogP contribution in [0.15, 0.2) is 47.7 Å². The molecule has 96 valence electrons. The van der Waals surface area contributed by atoms with Gasteiger partial charge in [0.2, 0.25) is 0 Å². The molecule has 3 rings (SSSR count). The fourth-order valence-electron chi connectivity index (χ4n) is 2.21. The molecule has 1 aliphatic heterocycles. The predicted octanol–water partition coefficient (Wildman–Crippen LogP) is 1.48. The lowest BCUT2D eigenvalue weighted by atomic mass is 10.0. The number of aliphatic imine (C=N–C) groups is 1. The van der Waals surface area contributed by atoms with E-state index >= 15 is 0 Å². The zero-order chi connectivity index (χ0) is 13.1. The number of nitrogens with two attached hydrogens (primary N) is 1. The first kappa shape index (κ1) is 11.6. The van der Waals surface area contributed by atoms with Gasteiger partial charge in [0.05, 0.1) is 0 Å². The second kappa shape index (κ2) is 5.06. The van der Waals surface area contributed by atoms with Crippen LogP contribution in [-0.4, -0.2) is 27.4 Å². The van der Waals surface area contributed by atoms with Crippen molar-refractivity contribution in [3.05, 3.63) is 53.9 Å². The number of nitrogens with zero attached hydrogens (tertiary/aromatic N) is 4. The molecule has 0 radical (unpaired) electrons. The Morgan fingerprint density at radius 3 is 2.63 bits per heavy atom. The van der Waals surface area contributed by atoms with Crippen LogP contribution in [0.3, 0.4) is 0 Å². The molecule has 0 amide bonds. The minimum absolute atomic E-state index is 0.402. The van der Waals surface area contributed by atoms with Gasteiger partial charge in [0, 0.05) is 25.5 Å². The molecule has 5 heteroatoms. The van der Waals surface area contributed by atoms with Gasteiger partial charge in [0.1, 0.15) is 0 Å². The van der Waals surface area contributed by atoms with Gasteiger partial charge < -0.3 is 10.6 Å². The molecule has 2 aromatic rings. The lowest BCUT2D eigenvalue weighted by Crippen LogP contribution is -2.40. The van der Waals surface area contributed by atoms with Crippen molar-refractivity contribution in [1.29, 1.82) is 0 Å². The molecule has 0 saturated heterocycles. The van der Waals surface area contributed by atoms with E-state index in [0.29, 0.717) is 11.9 Å². The molecule has 1 aromatic heterocycles. The Bertz CT molecular complexity index is 594. The Kier molecular flexibility index (Phi) is 3.10. The summed E-state index contributed by atoms with van der Waals surface area (Å²) in [5.41, 5.74) is 8.73. The number of benzene rings is 1. The summed E-state index contributed by atoms with van der Waals surface area (Å²) in [7, 11) is 0. The van der Waals surface area contributed by atoms with Crippen molar-refractivity contribution in [1.82, 2.24) is 14.9 Å². The maximum Gasteiger partial charge on any atom is 0.252 e. The van der Waals surface area contributed by atoms with E-state index in [0.717, 1.165) is 19.5 Å². The van der Waals surface area contributed by atoms with E-state index < -0.39 is 0 Å². The van der Waals surface area contributed by atoms with Crippen LogP contribution in [0.1, 0.15) is 11.1 Å². The fraction of sp³-hybridized carbons (Fsp3) is 0.214. The zero-order valence-corrected chi connectivity index (χ0v) is 10.5. The molecule has 2 N–H and O–H groups in total. The van der Waals surface area contributed by atoms with Gasteiger partial charge in [-0.05, 0) is 23.6 Å². The van der Waals surface area contributed by atoms with Crippen LogP contribution in [0.2, 0.25) is 0 Å². The highest BCUT2D eigenvalue weighted by molar-refractivity contribution is 5.80. The van der Waals surface area contributed by atoms with Gasteiger partial charge in [0.25, 0.3) is 5.95 Å². The predicted molar refractivity (Wildman–Crippen MR) is 73.9 cm³/mol. The third-order valence-corrected chi connectivity index (χ3v) is 3.22. The summed E-state index contributed by atoms with van der Waals surface area (Å²) >= 11 is 0. The number of aromatic nitrogens is 2. The fourth-order valence-corrected chi connectivity index (χ4v) is 2.21. The molecule has 1 aliphatic rings. The van der Waals surface area contributed by atoms with Crippen molar-refractivity contribution in [2.45, 2.75) is 13.0 Å². The van der Waals surface area contributed by atoms with E-state index in [2.05, 4.69) is 44.1 Å². The van der Waals surface area contributed by atoms with E-state index in [9.17, 15) is 0 Å². The van der Waals surface area contributed by atoms with Crippen molar-refractivity contribution >= 4 is 11.9 Å². The van der Waals surface area contributed by atoms with Crippen molar-refractivity contribution in [3.63, 3.8) is 0 Å². The molecule has 1 aromatic carbocycles. The lowest BCUT2D eigenvalue weighted by Gasteiger charge is -2.29. The highest BCUT2D eigenvalue weighted by Gasteiger charge is 2.17. The van der Waals surface area contributed by atoms with E-state index in [1.165, 1.54) is 11.1 Å². The van der Waals surface area contributed by atoms with E-state index in [1.807, 2.05) is 0 Å². The number of hydrogen-bond acceptors (Lipinski definition) is 3. The van der Waals surface area contributed by atoms with E-state index in [4.69, 9.17) is 5.73 Å². The SMILES string of the molecule is NC(=Nc1ncccn1)N1CCc2ccccc2C1. The molecule has 19 heavy (non-hydrogen) atoms. The summed E-state index contributed by atoms with van der Waals surface area (Å²) in [6.07, 6.45) is 4.30. The van der Waals surface area contributed by atoms with Gasteiger partial charge in [-0.3, -0.25) is 0 Å². The molecule has 2 heterocycles. The second-order valence-electron chi connectivity index (χ2n) is 4.46. The number of hydrogen-bond donors (Lipinski definition) is 1. The Balaban J connectivity index is 1.80. The Morgan fingerprint density at radius 2 is 1.84 bits per heavy atom. The van der Waals surface area contributed by atoms with Crippen LogP contribution < -0.4 is 5.73 Å². The van der Waals surface area contributed by atoms with Crippen molar-refractivity contribution in [3.8, 4) is 0 Å². The lowest BCUT2D eigenvalue weighted by molar-refractivity contribution is 0.389. The summed E-state index contributed by atoms with van der Waals surface area (Å²) in [6.45, 7) is 1.66. The third-order valence-electron chi connectivity index (χ3n) is 3.22. The quantitative estimate of drug-likeness (QED) is 0.617. The monoisotopic (exact) mass is 253 g/mol. The van der Waals surface area contributed by atoms with Gasteiger partial charge in [0.15, 0.2) is 5.96 Å². The molecule has 0 bridgehead atoms. The van der Waals surface area contributed by atoms with Gasteiger partial charge in [-0.2, -0.15) is 4.99 Å². The Morgan fingerprint density at radius 1 is 1.11 bits per heavy atom. The van der Waals surface area contributed by atoms with E-state index in [-0.39, 0.29) is 0 Å². The second-order valence-corrected chi connectivity index (χ2v) is 4.46. The molecule has 0 saturated carbocycles. The average Bonchev–Trinajstić information content (AvgIpc) is 2.48. The van der Waals surface area contributed by atoms with E-state index in [1.54, 1.807) is 18.5 Å². The highest BCUT2D eigenvalue weighted by Crippen LogP contribution is 2.18. The van der Waals surface area contributed by atoms with Crippen LogP contribution in [-0.2, 0) is 13.0 Å². The van der Waals surface area contributed by atoms with Crippen molar-refractivity contribution in [2.24, 2.45) is 10.7 Å². The number of rotatable bonds is 1. The van der Waals surface area contributed by atoms with Crippen molar-refractivity contribution in [2.75, 3.05) is 6.54 Å². The molecular weight excluding hydrogens is 238 g/mol. The van der Waals surface area contributed by atoms with Gasteiger partial charge in [-0.1, -0.05) is 24.3 Å². The molecule has 0 unspecified atom stereocenters. The number of fused-ring (bicyclic) bond motifs is 1. The average molecular weight is 253 g/mol. The largest absolute Gasteiger partial charge is 0.369 e. The minimum atomic E-state index is 0.402. The molecule has 0 fully saturated rings. The normalized spacial score (nSPS) is 15.2. The molecule has 0 aliphatic carbocycles. The summed E-state index contributed by atoms with van der Waals surface area (Å²) in [6, 6.07) is 10.2. The molecule has 5 nitrogen and oxygen atoms in total. The topological polar surface area (TPSA) is 67.4 Å². The molecular formula is C14H15N5. The van der Waals surface area contributed by atoms with Crippen LogP contribution in [0.25, 0.3) is 0 Å². The Hall–Kier alpha value is -2.43. The van der Waals surface area contributed by atoms with Crippen LogP contribution >= 0.6 is 0 Å². The summed E-state index contributed by atoms with van der Waals surface area (Å²) in [4.78, 5) is 14.4. The zero-order valence-electron chi connectivity index (χ0n) is 10.5. The first-order valence-electron chi connectivity index (χ1n) is 6.26. The van der Waals surface area contributed by atoms with Gasteiger partial charge >= 0.3 is 0 Å². The van der Waals surface area contributed by atoms with Crippen LogP contribution in [0.4, 0.5) is 5.95 Å². The minimum Gasteiger partial charge on any atom is -0.369 e. The van der Waals surface area contributed by atoms with Gasteiger partial charge in [-0.25, -0.2) is 9.97 Å². The first-order chi connectivity index (χ1) is 9.33. The van der Waals surface area contributed by atoms with Gasteiger partial charge in [-0.15, -0.1) is 0 Å². The summed E-state index contributed by atoms with van der Waals surface area (Å²) in [5, 5.41) is 0. The van der Waals surface area contributed by atoms with Crippen LogP contribution in [0.5, 0.6) is 0 Å². The maximum absolute atomic E-state index is 6.03. The third kappa shape index (κ3) is 2.54. The summed E-state index contributed by atoms with van der Waals surface area (Å²) < 4.78 is 0. The summed E-state index contributed by atoms with van der Waals surface area (Å²) in [5.74, 6) is 0.875. The molecule has 0 spiro atoms. The standard InChI is InChI=1S/C14H15N5/c15-13(18-14-16-7-3-8-17-14)19-9-6-11-4-1-2-5-12(11)10-19/h1-5,7-8H,6,9-10H2,(H2,15,16,17,18). The highest BCUT2D eigenvalue weighted by atomic mass is 15.3. The number of guanidine groups is 1. The smallest absolute Gasteiger partial charge is 0.252 e. The maximum atomic E-state index is 6.03. The molecule has 0 atom stereocenters. The Labute approximate surface area is 111 Å². The van der Waals surface area contributed by atoms with Crippen LogP contribution in [0, 0.1) is 0 Å².